The predicted molar refractivity (Wildman–Crippen MR) is 78.6 cm³/mol. The highest BCUT2D eigenvalue weighted by atomic mass is 19.1. The fraction of sp³-hybridized carbons (Fsp3) is 0.118. The van der Waals surface area contributed by atoms with E-state index in [0.29, 0.717) is 11.3 Å². The molecule has 0 aliphatic heterocycles. The fourth-order valence-electron chi connectivity index (χ4n) is 1.86. The van der Waals surface area contributed by atoms with Crippen LogP contribution in [-0.2, 0) is 11.4 Å². The molecule has 0 atom stereocenters. The van der Waals surface area contributed by atoms with E-state index in [1.54, 1.807) is 30.3 Å². The summed E-state index contributed by atoms with van der Waals surface area (Å²) >= 11 is 0. The van der Waals surface area contributed by atoms with Gasteiger partial charge in [-0.15, -0.1) is 0 Å². The number of hydrogen-bond donors (Lipinski definition) is 1. The van der Waals surface area contributed by atoms with Crippen molar-refractivity contribution in [2.75, 3.05) is 0 Å². The molecule has 0 unspecified atom stereocenters. The van der Waals surface area contributed by atoms with E-state index in [4.69, 9.17) is 9.84 Å². The van der Waals surface area contributed by atoms with E-state index < -0.39 is 5.97 Å². The van der Waals surface area contributed by atoms with Gasteiger partial charge in [0.2, 0.25) is 0 Å². The van der Waals surface area contributed by atoms with Crippen LogP contribution in [-0.4, -0.2) is 11.1 Å². The molecule has 0 amide bonds. The molecule has 108 valence electrons. The average molecular weight is 286 g/mol. The third-order valence-electron chi connectivity index (χ3n) is 3.02. The molecule has 0 aliphatic rings. The number of para-hydroxylation sites is 1. The Bertz CT molecular complexity index is 677. The molecule has 2 aromatic carbocycles. The van der Waals surface area contributed by atoms with Crippen LogP contribution < -0.4 is 4.74 Å². The molecule has 0 saturated heterocycles. The Kier molecular flexibility index (Phi) is 4.72. The maximum absolute atomic E-state index is 13.2. The largest absolute Gasteiger partial charge is 0.488 e. The summed E-state index contributed by atoms with van der Waals surface area (Å²) < 4.78 is 18.9. The van der Waals surface area contributed by atoms with Gasteiger partial charge >= 0.3 is 5.97 Å². The van der Waals surface area contributed by atoms with Crippen LogP contribution >= 0.6 is 0 Å². The van der Waals surface area contributed by atoms with Gasteiger partial charge < -0.3 is 9.84 Å². The number of aryl methyl sites for hydroxylation is 1. The molecule has 2 aromatic rings. The lowest BCUT2D eigenvalue weighted by molar-refractivity contribution is -0.131. The highest BCUT2D eigenvalue weighted by Gasteiger charge is 2.04. The van der Waals surface area contributed by atoms with Crippen LogP contribution in [0.4, 0.5) is 4.39 Å². The van der Waals surface area contributed by atoms with Crippen molar-refractivity contribution in [1.82, 2.24) is 0 Å². The number of hydrogen-bond acceptors (Lipinski definition) is 2. The van der Waals surface area contributed by atoms with Crippen LogP contribution in [0, 0.1) is 12.7 Å². The minimum atomic E-state index is -1.02. The topological polar surface area (TPSA) is 46.5 Å². The van der Waals surface area contributed by atoms with Crippen molar-refractivity contribution in [2.24, 2.45) is 0 Å². The van der Waals surface area contributed by atoms with Crippen molar-refractivity contribution in [1.29, 1.82) is 0 Å². The van der Waals surface area contributed by atoms with Gasteiger partial charge in [-0.3, -0.25) is 0 Å². The first-order chi connectivity index (χ1) is 10.1. The molecular formula is C17H15FO3. The van der Waals surface area contributed by atoms with Crippen LogP contribution in [0.15, 0.2) is 48.5 Å². The highest BCUT2D eigenvalue weighted by Crippen LogP contribution is 2.21. The molecule has 0 fully saturated rings. The zero-order valence-electron chi connectivity index (χ0n) is 11.5. The van der Waals surface area contributed by atoms with E-state index in [9.17, 15) is 9.18 Å². The second-order valence-corrected chi connectivity index (χ2v) is 4.57. The lowest BCUT2D eigenvalue weighted by atomic mass is 10.1. The summed E-state index contributed by atoms with van der Waals surface area (Å²) in [7, 11) is 0. The number of halogens is 1. The van der Waals surface area contributed by atoms with E-state index in [-0.39, 0.29) is 12.4 Å². The maximum atomic E-state index is 13.2. The van der Waals surface area contributed by atoms with Crippen LogP contribution in [0.1, 0.15) is 16.7 Å². The van der Waals surface area contributed by atoms with Crippen molar-refractivity contribution in [2.45, 2.75) is 13.5 Å². The summed E-state index contributed by atoms with van der Waals surface area (Å²) in [4.78, 5) is 10.6. The second kappa shape index (κ2) is 6.70. The van der Waals surface area contributed by atoms with Crippen molar-refractivity contribution < 1.29 is 19.0 Å². The van der Waals surface area contributed by atoms with Crippen LogP contribution in [0.25, 0.3) is 6.08 Å². The summed E-state index contributed by atoms with van der Waals surface area (Å²) in [5.74, 6) is -0.775. The normalized spacial score (nSPS) is 10.8. The van der Waals surface area contributed by atoms with Gasteiger partial charge in [0.1, 0.15) is 18.2 Å². The Morgan fingerprint density at radius 1 is 1.29 bits per heavy atom. The van der Waals surface area contributed by atoms with E-state index in [1.807, 2.05) is 6.92 Å². The molecule has 0 aliphatic carbocycles. The summed E-state index contributed by atoms with van der Waals surface area (Å²) in [6.45, 7) is 2.11. The van der Waals surface area contributed by atoms with Crippen LogP contribution in [0.5, 0.6) is 5.75 Å². The Morgan fingerprint density at radius 2 is 2.05 bits per heavy atom. The number of aliphatic carboxylic acids is 1. The lowest BCUT2D eigenvalue weighted by Crippen LogP contribution is -2.00. The Balaban J connectivity index is 2.16. The van der Waals surface area contributed by atoms with Crippen molar-refractivity contribution in [3.63, 3.8) is 0 Å². The minimum Gasteiger partial charge on any atom is -0.488 e. The van der Waals surface area contributed by atoms with Gasteiger partial charge in [-0.2, -0.15) is 0 Å². The smallest absolute Gasteiger partial charge is 0.328 e. The average Bonchev–Trinajstić information content (AvgIpc) is 2.47. The molecule has 4 heteroatoms. The number of carbonyl (C=O) groups is 1. The van der Waals surface area contributed by atoms with Crippen molar-refractivity contribution in [3.8, 4) is 5.75 Å². The molecule has 1 N–H and O–H groups in total. The zero-order chi connectivity index (χ0) is 15.2. The lowest BCUT2D eigenvalue weighted by Gasteiger charge is -2.11. The zero-order valence-corrected chi connectivity index (χ0v) is 11.5. The number of benzene rings is 2. The van der Waals surface area contributed by atoms with E-state index >= 15 is 0 Å². The molecule has 2 rings (SSSR count). The van der Waals surface area contributed by atoms with Crippen molar-refractivity contribution >= 4 is 12.0 Å². The quantitative estimate of drug-likeness (QED) is 0.850. The molecule has 3 nitrogen and oxygen atoms in total. The Labute approximate surface area is 122 Å². The van der Waals surface area contributed by atoms with Gasteiger partial charge in [-0.1, -0.05) is 24.3 Å². The molecule has 0 aromatic heterocycles. The first-order valence-corrected chi connectivity index (χ1v) is 6.44. The SMILES string of the molecule is Cc1ccc(F)cc1COc1ccccc1/C=C/C(=O)O. The van der Waals surface area contributed by atoms with Gasteiger partial charge in [-0.25, -0.2) is 9.18 Å². The van der Waals surface area contributed by atoms with Crippen LogP contribution in [0.3, 0.4) is 0 Å². The molecule has 0 spiro atoms. The van der Waals surface area contributed by atoms with Gasteiger partial charge in [0, 0.05) is 11.6 Å². The summed E-state index contributed by atoms with van der Waals surface area (Å²) in [5.41, 5.74) is 2.36. The van der Waals surface area contributed by atoms with E-state index in [0.717, 1.165) is 17.2 Å². The van der Waals surface area contributed by atoms with Gasteiger partial charge in [0.05, 0.1) is 0 Å². The molecule has 21 heavy (non-hydrogen) atoms. The first kappa shape index (κ1) is 14.8. The number of carboxylic acid groups (broad SMARTS) is 1. The molecule has 0 bridgehead atoms. The third kappa shape index (κ3) is 4.18. The summed E-state index contributed by atoms with van der Waals surface area (Å²) in [5, 5.41) is 8.67. The number of carboxylic acids is 1. The van der Waals surface area contributed by atoms with Gasteiger partial charge in [0.15, 0.2) is 0 Å². The minimum absolute atomic E-state index is 0.224. The molecule has 0 saturated carbocycles. The number of rotatable bonds is 5. The fourth-order valence-corrected chi connectivity index (χ4v) is 1.86. The van der Waals surface area contributed by atoms with Crippen LogP contribution in [0.2, 0.25) is 0 Å². The van der Waals surface area contributed by atoms with Gasteiger partial charge in [-0.05, 0) is 42.3 Å². The number of ether oxygens (including phenoxy) is 1. The molecule has 0 radical (unpaired) electrons. The van der Waals surface area contributed by atoms with Crippen molar-refractivity contribution in [3.05, 3.63) is 71.0 Å². The summed E-state index contributed by atoms with van der Waals surface area (Å²) in [6.07, 6.45) is 2.52. The molecule has 0 heterocycles. The monoisotopic (exact) mass is 286 g/mol. The highest BCUT2D eigenvalue weighted by molar-refractivity contribution is 5.85. The second-order valence-electron chi connectivity index (χ2n) is 4.57. The maximum Gasteiger partial charge on any atom is 0.328 e. The summed E-state index contributed by atoms with van der Waals surface area (Å²) in [6, 6.07) is 11.6. The van der Waals surface area contributed by atoms with Gasteiger partial charge in [0.25, 0.3) is 0 Å². The Hall–Kier alpha value is -2.62. The van der Waals surface area contributed by atoms with E-state index in [2.05, 4.69) is 0 Å². The molecular weight excluding hydrogens is 271 g/mol. The predicted octanol–water partition coefficient (Wildman–Crippen LogP) is 3.81. The van der Waals surface area contributed by atoms with E-state index in [1.165, 1.54) is 18.2 Å². The Morgan fingerprint density at radius 3 is 2.81 bits per heavy atom. The standard InChI is InChI=1S/C17H15FO3/c1-12-6-8-15(18)10-14(12)11-21-16-5-3-2-4-13(16)7-9-17(19)20/h2-10H,11H2,1H3,(H,19,20)/b9-7+. The third-order valence-corrected chi connectivity index (χ3v) is 3.02. The first-order valence-electron chi connectivity index (χ1n) is 6.44.